The van der Waals surface area contributed by atoms with E-state index in [1.807, 2.05) is 42.2 Å². The van der Waals surface area contributed by atoms with Crippen LogP contribution in [-0.2, 0) is 7.05 Å². The summed E-state index contributed by atoms with van der Waals surface area (Å²) in [4.78, 5) is 0. The summed E-state index contributed by atoms with van der Waals surface area (Å²) in [6.45, 7) is 0.0627. The predicted molar refractivity (Wildman–Crippen MR) is 94.2 cm³/mol. The molecule has 2 N–H and O–H groups in total. The van der Waals surface area contributed by atoms with E-state index in [0.717, 1.165) is 24.2 Å². The summed E-state index contributed by atoms with van der Waals surface area (Å²) in [5, 5.41) is 17.8. The van der Waals surface area contributed by atoms with Crippen LogP contribution < -0.4 is 10.1 Å². The highest BCUT2D eigenvalue weighted by Crippen LogP contribution is 2.34. The van der Waals surface area contributed by atoms with Crippen molar-refractivity contribution in [2.45, 2.75) is 43.7 Å². The summed E-state index contributed by atoms with van der Waals surface area (Å²) < 4.78 is 7.43. The Labute approximate surface area is 143 Å². The molecule has 0 bridgehead atoms. The molecule has 0 radical (unpaired) electrons. The lowest BCUT2D eigenvalue weighted by Gasteiger charge is -2.33. The molecule has 0 saturated heterocycles. The normalized spacial score (nSPS) is 22.3. The van der Waals surface area contributed by atoms with Crippen LogP contribution in [0.2, 0.25) is 0 Å². The number of benzene rings is 1. The summed E-state index contributed by atoms with van der Waals surface area (Å²) in [5.74, 6) is 1.35. The van der Waals surface area contributed by atoms with Crippen LogP contribution >= 0.6 is 0 Å². The van der Waals surface area contributed by atoms with Crippen LogP contribution in [0.4, 0.5) is 0 Å². The molecule has 130 valence electrons. The SMILES string of the molecule is COc1ccccc1C(CO)NC1CCCC(c2ccnn2C)C1. The molecule has 1 heterocycles. The third-order valence-electron chi connectivity index (χ3n) is 5.09. The lowest BCUT2D eigenvalue weighted by Crippen LogP contribution is -2.38. The molecule has 24 heavy (non-hydrogen) atoms. The standard InChI is InChI=1S/C19H27N3O2/c1-22-18(10-11-20-22)14-6-5-7-15(12-14)21-17(13-23)16-8-3-4-9-19(16)24-2/h3-4,8-11,14-15,17,21,23H,5-7,12-13H2,1-2H3. The van der Waals surface area contributed by atoms with E-state index in [0.29, 0.717) is 12.0 Å². The molecule has 5 nitrogen and oxygen atoms in total. The summed E-state index contributed by atoms with van der Waals surface area (Å²) in [7, 11) is 3.68. The largest absolute Gasteiger partial charge is 0.496 e. The van der Waals surface area contributed by atoms with Crippen molar-refractivity contribution < 1.29 is 9.84 Å². The van der Waals surface area contributed by atoms with Gasteiger partial charge in [-0.15, -0.1) is 0 Å². The molecule has 0 aliphatic heterocycles. The maximum absolute atomic E-state index is 9.89. The number of nitrogens with zero attached hydrogens (tertiary/aromatic N) is 2. The van der Waals surface area contributed by atoms with Gasteiger partial charge in [0, 0.05) is 36.5 Å². The minimum absolute atomic E-state index is 0.0627. The van der Waals surface area contributed by atoms with Crippen molar-refractivity contribution in [2.24, 2.45) is 7.05 Å². The molecule has 1 aliphatic rings. The van der Waals surface area contributed by atoms with Crippen molar-refractivity contribution in [3.63, 3.8) is 0 Å². The molecule has 0 spiro atoms. The predicted octanol–water partition coefficient (Wildman–Crippen LogP) is 2.78. The second-order valence-corrected chi connectivity index (χ2v) is 6.58. The van der Waals surface area contributed by atoms with Gasteiger partial charge in [-0.05, 0) is 31.4 Å². The van der Waals surface area contributed by atoms with Crippen molar-refractivity contribution in [1.82, 2.24) is 15.1 Å². The van der Waals surface area contributed by atoms with Crippen molar-refractivity contribution >= 4 is 0 Å². The van der Waals surface area contributed by atoms with E-state index in [2.05, 4.69) is 16.5 Å². The van der Waals surface area contributed by atoms with Gasteiger partial charge in [-0.2, -0.15) is 5.10 Å². The van der Waals surface area contributed by atoms with Gasteiger partial charge < -0.3 is 15.2 Å². The first kappa shape index (κ1) is 17.0. The number of rotatable bonds is 6. The number of aliphatic hydroxyl groups is 1. The van der Waals surface area contributed by atoms with E-state index in [-0.39, 0.29) is 12.6 Å². The third kappa shape index (κ3) is 3.62. The molecular weight excluding hydrogens is 302 g/mol. The second kappa shape index (κ2) is 7.81. The Hall–Kier alpha value is -1.85. The number of aryl methyl sites for hydroxylation is 1. The Balaban J connectivity index is 1.70. The van der Waals surface area contributed by atoms with Crippen molar-refractivity contribution in [3.05, 3.63) is 47.8 Å². The minimum atomic E-state index is -0.101. The fourth-order valence-corrected chi connectivity index (χ4v) is 3.87. The number of nitrogens with one attached hydrogen (secondary N) is 1. The molecule has 3 atom stereocenters. The van der Waals surface area contributed by atoms with Crippen molar-refractivity contribution in [3.8, 4) is 5.75 Å². The molecule has 2 aromatic rings. The highest BCUT2D eigenvalue weighted by Gasteiger charge is 2.27. The summed E-state index contributed by atoms with van der Waals surface area (Å²) in [6, 6.07) is 10.3. The zero-order chi connectivity index (χ0) is 16.9. The number of ether oxygens (including phenoxy) is 1. The maximum Gasteiger partial charge on any atom is 0.123 e. The van der Waals surface area contributed by atoms with Gasteiger partial charge >= 0.3 is 0 Å². The van der Waals surface area contributed by atoms with Gasteiger partial charge in [0.05, 0.1) is 19.8 Å². The van der Waals surface area contributed by atoms with Crippen LogP contribution in [0.3, 0.4) is 0 Å². The first-order valence-electron chi connectivity index (χ1n) is 8.70. The zero-order valence-corrected chi connectivity index (χ0v) is 14.5. The lowest BCUT2D eigenvalue weighted by molar-refractivity contribution is 0.212. The molecule has 3 rings (SSSR count). The van der Waals surface area contributed by atoms with Gasteiger partial charge in [-0.3, -0.25) is 4.68 Å². The van der Waals surface area contributed by atoms with Gasteiger partial charge in [0.1, 0.15) is 5.75 Å². The minimum Gasteiger partial charge on any atom is -0.496 e. The Morgan fingerprint density at radius 2 is 2.17 bits per heavy atom. The molecule has 5 heteroatoms. The van der Waals surface area contributed by atoms with Crippen molar-refractivity contribution in [2.75, 3.05) is 13.7 Å². The van der Waals surface area contributed by atoms with E-state index in [1.165, 1.54) is 18.5 Å². The number of aromatic nitrogens is 2. The van der Waals surface area contributed by atoms with Crippen molar-refractivity contribution in [1.29, 1.82) is 0 Å². The topological polar surface area (TPSA) is 59.3 Å². The highest BCUT2D eigenvalue weighted by atomic mass is 16.5. The monoisotopic (exact) mass is 329 g/mol. The van der Waals surface area contributed by atoms with Gasteiger partial charge in [0.15, 0.2) is 0 Å². The summed E-state index contributed by atoms with van der Waals surface area (Å²) >= 11 is 0. The molecule has 0 amide bonds. The van der Waals surface area contributed by atoms with E-state index in [9.17, 15) is 5.11 Å². The van der Waals surface area contributed by atoms with E-state index in [1.54, 1.807) is 7.11 Å². The van der Waals surface area contributed by atoms with Gasteiger partial charge in [-0.1, -0.05) is 24.6 Å². The van der Waals surface area contributed by atoms with E-state index in [4.69, 9.17) is 4.74 Å². The Bertz CT molecular complexity index is 656. The third-order valence-corrected chi connectivity index (χ3v) is 5.09. The smallest absolute Gasteiger partial charge is 0.123 e. The lowest BCUT2D eigenvalue weighted by atomic mass is 9.83. The number of hydrogen-bond acceptors (Lipinski definition) is 4. The van der Waals surface area contributed by atoms with E-state index < -0.39 is 0 Å². The van der Waals surface area contributed by atoms with Gasteiger partial charge in [0.25, 0.3) is 0 Å². The van der Waals surface area contributed by atoms with Crippen LogP contribution in [0, 0.1) is 0 Å². The maximum atomic E-state index is 9.89. The Morgan fingerprint density at radius 1 is 1.33 bits per heavy atom. The van der Waals surface area contributed by atoms with Gasteiger partial charge in [0.2, 0.25) is 0 Å². The fourth-order valence-electron chi connectivity index (χ4n) is 3.87. The Morgan fingerprint density at radius 3 is 2.88 bits per heavy atom. The van der Waals surface area contributed by atoms with Crippen LogP contribution in [-0.4, -0.2) is 34.6 Å². The fraction of sp³-hybridized carbons (Fsp3) is 0.526. The molecule has 3 unspecified atom stereocenters. The van der Waals surface area contributed by atoms with Crippen LogP contribution in [0.25, 0.3) is 0 Å². The number of methoxy groups -OCH3 is 1. The highest BCUT2D eigenvalue weighted by molar-refractivity contribution is 5.36. The molecule has 1 fully saturated rings. The number of hydrogen-bond donors (Lipinski definition) is 2. The summed E-state index contributed by atoms with van der Waals surface area (Å²) in [6.07, 6.45) is 6.48. The zero-order valence-electron chi connectivity index (χ0n) is 14.5. The number of aliphatic hydroxyl groups excluding tert-OH is 1. The summed E-state index contributed by atoms with van der Waals surface area (Å²) in [5.41, 5.74) is 2.32. The number of para-hydroxylation sites is 1. The van der Waals surface area contributed by atoms with Crippen LogP contribution in [0.5, 0.6) is 5.75 Å². The van der Waals surface area contributed by atoms with Gasteiger partial charge in [-0.25, -0.2) is 0 Å². The molecule has 1 saturated carbocycles. The Kier molecular flexibility index (Phi) is 5.53. The average Bonchev–Trinajstić information content (AvgIpc) is 3.06. The molecule has 1 aromatic heterocycles. The van der Waals surface area contributed by atoms with Crippen LogP contribution in [0.15, 0.2) is 36.5 Å². The quantitative estimate of drug-likeness (QED) is 0.855. The molecular formula is C19H27N3O2. The molecule has 1 aliphatic carbocycles. The van der Waals surface area contributed by atoms with Crippen LogP contribution in [0.1, 0.15) is 48.9 Å². The average molecular weight is 329 g/mol. The molecule has 1 aromatic carbocycles. The first-order valence-corrected chi connectivity index (χ1v) is 8.70. The second-order valence-electron chi connectivity index (χ2n) is 6.58. The van der Waals surface area contributed by atoms with E-state index >= 15 is 0 Å². The first-order chi connectivity index (χ1) is 11.7.